The summed E-state index contributed by atoms with van der Waals surface area (Å²) in [6.07, 6.45) is 2.62. The molecule has 0 amide bonds. The number of rotatable bonds is 4. The molecule has 3 nitrogen and oxygen atoms in total. The summed E-state index contributed by atoms with van der Waals surface area (Å²) in [7, 11) is 2.00. The Balaban J connectivity index is 1.93. The Morgan fingerprint density at radius 1 is 1.47 bits per heavy atom. The fourth-order valence-corrected chi connectivity index (χ4v) is 3.52. The van der Waals surface area contributed by atoms with Gasteiger partial charge in [0.25, 0.3) is 0 Å². The fraction of sp³-hybridized carbons (Fsp3) is 0.273. The SMILES string of the molecule is CN(CCc1ccc(Br)s1)c1ncc(C#N)s1. The third-order valence-electron chi connectivity index (χ3n) is 2.25. The van der Waals surface area contributed by atoms with E-state index in [0.717, 1.165) is 21.9 Å². The maximum Gasteiger partial charge on any atom is 0.186 e. The van der Waals surface area contributed by atoms with Gasteiger partial charge in [-0.2, -0.15) is 5.26 Å². The second-order valence-corrected chi connectivity index (χ2v) is 7.05. The van der Waals surface area contributed by atoms with Crippen LogP contribution in [0.3, 0.4) is 0 Å². The van der Waals surface area contributed by atoms with Crippen molar-refractivity contribution in [1.82, 2.24) is 4.98 Å². The number of hydrogen-bond donors (Lipinski definition) is 0. The molecule has 0 saturated carbocycles. The number of nitrogens with zero attached hydrogens (tertiary/aromatic N) is 3. The minimum atomic E-state index is 0.658. The summed E-state index contributed by atoms with van der Waals surface area (Å²) in [5.41, 5.74) is 0. The molecule has 0 N–H and O–H groups in total. The maximum absolute atomic E-state index is 8.74. The molecule has 2 rings (SSSR count). The number of anilines is 1. The lowest BCUT2D eigenvalue weighted by molar-refractivity contribution is 0.881. The van der Waals surface area contributed by atoms with Crippen LogP contribution in [0.5, 0.6) is 0 Å². The molecule has 2 aromatic heterocycles. The van der Waals surface area contributed by atoms with Gasteiger partial charge in [-0.05, 0) is 34.5 Å². The Morgan fingerprint density at radius 2 is 2.29 bits per heavy atom. The summed E-state index contributed by atoms with van der Waals surface area (Å²) in [5.74, 6) is 0. The van der Waals surface area contributed by atoms with E-state index in [1.165, 1.54) is 16.2 Å². The monoisotopic (exact) mass is 327 g/mol. The van der Waals surface area contributed by atoms with Gasteiger partial charge >= 0.3 is 0 Å². The topological polar surface area (TPSA) is 39.9 Å². The molecular formula is C11H10BrN3S2. The number of thiophene rings is 1. The minimum Gasteiger partial charge on any atom is -0.351 e. The predicted molar refractivity (Wildman–Crippen MR) is 75.8 cm³/mol. The van der Waals surface area contributed by atoms with E-state index in [1.807, 2.05) is 7.05 Å². The lowest BCUT2D eigenvalue weighted by atomic mass is 10.3. The molecule has 0 atom stereocenters. The molecule has 0 aromatic carbocycles. The van der Waals surface area contributed by atoms with Crippen LogP contribution in [0.2, 0.25) is 0 Å². The highest BCUT2D eigenvalue weighted by molar-refractivity contribution is 9.11. The molecule has 2 heterocycles. The van der Waals surface area contributed by atoms with Gasteiger partial charge in [0.1, 0.15) is 10.9 Å². The van der Waals surface area contributed by atoms with Crippen molar-refractivity contribution in [2.45, 2.75) is 6.42 Å². The average Bonchev–Trinajstić information content (AvgIpc) is 2.94. The molecular weight excluding hydrogens is 318 g/mol. The normalized spacial score (nSPS) is 10.2. The first-order chi connectivity index (χ1) is 8.19. The van der Waals surface area contributed by atoms with Crippen molar-refractivity contribution in [3.05, 3.63) is 31.9 Å². The summed E-state index contributed by atoms with van der Waals surface area (Å²) in [4.78, 5) is 8.31. The predicted octanol–water partition coefficient (Wildman–Crippen LogP) is 3.52. The molecule has 0 spiro atoms. The van der Waals surface area contributed by atoms with Crippen molar-refractivity contribution in [2.75, 3.05) is 18.5 Å². The van der Waals surface area contributed by atoms with Gasteiger partial charge in [0.05, 0.1) is 9.98 Å². The standard InChI is InChI=1S/C11H10BrN3S2/c1-15(11-14-7-9(6-13)17-11)5-4-8-2-3-10(12)16-8/h2-3,7H,4-5H2,1H3. The van der Waals surface area contributed by atoms with Gasteiger partial charge in [0, 0.05) is 18.5 Å². The van der Waals surface area contributed by atoms with Crippen molar-refractivity contribution >= 4 is 43.7 Å². The molecule has 0 radical (unpaired) electrons. The smallest absolute Gasteiger partial charge is 0.186 e. The zero-order valence-electron chi connectivity index (χ0n) is 9.18. The van der Waals surface area contributed by atoms with Crippen LogP contribution in [-0.2, 0) is 6.42 Å². The van der Waals surface area contributed by atoms with Crippen LogP contribution < -0.4 is 4.90 Å². The second-order valence-electron chi connectivity index (χ2n) is 3.50. The Hall–Kier alpha value is -0.900. The van der Waals surface area contributed by atoms with Gasteiger partial charge in [0.2, 0.25) is 0 Å². The Kier molecular flexibility index (Phi) is 4.15. The summed E-state index contributed by atoms with van der Waals surface area (Å²) in [5, 5.41) is 9.64. The van der Waals surface area contributed by atoms with Crippen molar-refractivity contribution in [1.29, 1.82) is 5.26 Å². The van der Waals surface area contributed by atoms with E-state index in [2.05, 4.69) is 44.0 Å². The zero-order valence-corrected chi connectivity index (χ0v) is 12.4. The largest absolute Gasteiger partial charge is 0.351 e. The number of halogens is 1. The maximum atomic E-state index is 8.74. The molecule has 6 heteroatoms. The number of likely N-dealkylation sites (N-methyl/N-ethyl adjacent to an activating group) is 1. The van der Waals surface area contributed by atoms with Crippen LogP contribution in [0.25, 0.3) is 0 Å². The number of nitriles is 1. The van der Waals surface area contributed by atoms with Crippen molar-refractivity contribution in [2.24, 2.45) is 0 Å². The highest BCUT2D eigenvalue weighted by Crippen LogP contribution is 2.24. The average molecular weight is 328 g/mol. The molecule has 0 aliphatic heterocycles. The molecule has 0 aliphatic rings. The third-order valence-corrected chi connectivity index (χ3v) is 4.95. The molecule has 0 saturated heterocycles. The first kappa shape index (κ1) is 12.6. The summed E-state index contributed by atoms with van der Waals surface area (Å²) < 4.78 is 1.16. The summed E-state index contributed by atoms with van der Waals surface area (Å²) >= 11 is 6.64. The molecule has 0 unspecified atom stereocenters. The van der Waals surface area contributed by atoms with Crippen molar-refractivity contribution in [3.8, 4) is 6.07 Å². The van der Waals surface area contributed by atoms with Crippen LogP contribution >= 0.6 is 38.6 Å². The molecule has 0 bridgehead atoms. The summed E-state index contributed by atoms with van der Waals surface area (Å²) in [6, 6.07) is 6.30. The van der Waals surface area contributed by atoms with Crippen LogP contribution in [0.1, 0.15) is 9.75 Å². The van der Waals surface area contributed by atoms with E-state index >= 15 is 0 Å². The Labute approximate surface area is 116 Å². The van der Waals surface area contributed by atoms with Crippen LogP contribution in [0, 0.1) is 11.3 Å². The first-order valence-electron chi connectivity index (χ1n) is 5.00. The van der Waals surface area contributed by atoms with E-state index in [9.17, 15) is 0 Å². The molecule has 0 aliphatic carbocycles. The highest BCUT2D eigenvalue weighted by atomic mass is 79.9. The number of hydrogen-bond acceptors (Lipinski definition) is 5. The molecule has 0 fully saturated rings. The van der Waals surface area contributed by atoms with E-state index in [0.29, 0.717) is 4.88 Å². The van der Waals surface area contributed by atoms with Gasteiger partial charge < -0.3 is 4.90 Å². The second kappa shape index (κ2) is 5.63. The van der Waals surface area contributed by atoms with Gasteiger partial charge in [-0.1, -0.05) is 11.3 Å². The van der Waals surface area contributed by atoms with E-state index in [-0.39, 0.29) is 0 Å². The van der Waals surface area contributed by atoms with Gasteiger partial charge in [0.15, 0.2) is 5.13 Å². The van der Waals surface area contributed by atoms with Gasteiger partial charge in [-0.3, -0.25) is 0 Å². The van der Waals surface area contributed by atoms with Crippen LogP contribution in [0.4, 0.5) is 5.13 Å². The Bertz CT molecular complexity index is 541. The van der Waals surface area contributed by atoms with Gasteiger partial charge in [-0.25, -0.2) is 4.98 Å². The first-order valence-corrected chi connectivity index (χ1v) is 7.43. The lowest BCUT2D eigenvalue weighted by Crippen LogP contribution is -2.19. The molecule has 17 heavy (non-hydrogen) atoms. The van der Waals surface area contributed by atoms with E-state index < -0.39 is 0 Å². The van der Waals surface area contributed by atoms with E-state index in [1.54, 1.807) is 17.5 Å². The third kappa shape index (κ3) is 3.28. The molecule has 2 aromatic rings. The quantitative estimate of drug-likeness (QED) is 0.862. The van der Waals surface area contributed by atoms with Crippen LogP contribution in [-0.4, -0.2) is 18.6 Å². The van der Waals surface area contributed by atoms with Crippen molar-refractivity contribution < 1.29 is 0 Å². The summed E-state index contributed by atoms with van der Waals surface area (Å²) in [6.45, 7) is 0.908. The fourth-order valence-electron chi connectivity index (χ4n) is 1.35. The van der Waals surface area contributed by atoms with Gasteiger partial charge in [-0.15, -0.1) is 11.3 Å². The number of thiazole rings is 1. The highest BCUT2D eigenvalue weighted by Gasteiger charge is 2.07. The number of aromatic nitrogens is 1. The Morgan fingerprint density at radius 3 is 2.88 bits per heavy atom. The van der Waals surface area contributed by atoms with Crippen LogP contribution in [0.15, 0.2) is 22.1 Å². The van der Waals surface area contributed by atoms with E-state index in [4.69, 9.17) is 5.26 Å². The lowest BCUT2D eigenvalue weighted by Gasteiger charge is -2.14. The minimum absolute atomic E-state index is 0.658. The molecule has 88 valence electrons. The van der Waals surface area contributed by atoms with Crippen molar-refractivity contribution in [3.63, 3.8) is 0 Å². The zero-order chi connectivity index (χ0) is 12.3.